The zero-order valence-corrected chi connectivity index (χ0v) is 17.7. The lowest BCUT2D eigenvalue weighted by molar-refractivity contribution is 0.139. The maximum absolute atomic E-state index is 12.9. The van der Waals surface area contributed by atoms with E-state index in [1.54, 1.807) is 6.33 Å². The van der Waals surface area contributed by atoms with Crippen LogP contribution in [0.3, 0.4) is 0 Å². The van der Waals surface area contributed by atoms with E-state index in [9.17, 15) is 9.50 Å². The third kappa shape index (κ3) is 3.86. The van der Waals surface area contributed by atoms with Gasteiger partial charge in [-0.2, -0.15) is 0 Å². The first-order valence-corrected chi connectivity index (χ1v) is 10.7. The third-order valence-corrected chi connectivity index (χ3v) is 6.56. The Hall–Kier alpha value is -1.76. The molecular weight excluding hydrogens is 391 g/mol. The molecule has 0 spiro atoms. The van der Waals surface area contributed by atoms with Gasteiger partial charge in [0.15, 0.2) is 0 Å². The molecule has 7 heteroatoms. The van der Waals surface area contributed by atoms with Crippen LogP contribution < -0.4 is 4.90 Å². The number of hydrogen-bond acceptors (Lipinski definition) is 5. The molecule has 2 unspecified atom stereocenters. The number of rotatable bonds is 5. The Morgan fingerprint density at radius 2 is 1.93 bits per heavy atom. The van der Waals surface area contributed by atoms with E-state index in [-0.39, 0.29) is 24.7 Å². The molecule has 2 heterocycles. The fraction of sp³-hybridized carbons (Fsp3) is 0.545. The van der Waals surface area contributed by atoms with Crippen LogP contribution in [0.15, 0.2) is 30.6 Å². The number of fused-ring (bicyclic) bond motifs is 1. The Bertz CT molecular complexity index is 849. The highest BCUT2D eigenvalue weighted by molar-refractivity contribution is 6.30. The van der Waals surface area contributed by atoms with Gasteiger partial charge in [-0.05, 0) is 43.4 Å². The predicted octanol–water partition coefficient (Wildman–Crippen LogP) is 4.28. The van der Waals surface area contributed by atoms with E-state index in [1.807, 2.05) is 12.1 Å². The minimum atomic E-state index is -0.519. The second-order valence-corrected chi connectivity index (χ2v) is 8.59. The van der Waals surface area contributed by atoms with Crippen LogP contribution in [0.5, 0.6) is 0 Å². The van der Waals surface area contributed by atoms with Crippen molar-refractivity contribution in [2.24, 2.45) is 0 Å². The maximum Gasteiger partial charge on any atom is 0.136 e. The van der Waals surface area contributed by atoms with Crippen LogP contribution in [-0.2, 0) is 0 Å². The van der Waals surface area contributed by atoms with E-state index < -0.39 is 6.10 Å². The first-order chi connectivity index (χ1) is 14.0. The molecule has 0 bridgehead atoms. The molecule has 156 valence electrons. The molecule has 1 aliphatic heterocycles. The van der Waals surface area contributed by atoms with Gasteiger partial charge in [0.2, 0.25) is 0 Å². The van der Waals surface area contributed by atoms with Gasteiger partial charge >= 0.3 is 0 Å². The summed E-state index contributed by atoms with van der Waals surface area (Å²) in [6.07, 6.45) is 2.26. The van der Waals surface area contributed by atoms with Crippen LogP contribution in [0.1, 0.15) is 61.6 Å². The van der Waals surface area contributed by atoms with Crippen molar-refractivity contribution in [3.05, 3.63) is 52.4 Å². The van der Waals surface area contributed by atoms with E-state index in [4.69, 9.17) is 11.6 Å². The molecule has 1 aliphatic carbocycles. The fourth-order valence-corrected chi connectivity index (χ4v) is 5.07. The molecule has 4 rings (SSSR count). The minimum absolute atomic E-state index is 0.111. The van der Waals surface area contributed by atoms with Crippen LogP contribution in [0.25, 0.3) is 0 Å². The molecule has 0 amide bonds. The topological polar surface area (TPSA) is 52.5 Å². The lowest BCUT2D eigenvalue weighted by Crippen LogP contribution is -2.54. The number of halogens is 2. The van der Waals surface area contributed by atoms with Crippen LogP contribution in [0.4, 0.5) is 10.2 Å². The van der Waals surface area contributed by atoms with Gasteiger partial charge in [0.05, 0.1) is 24.5 Å². The first kappa shape index (κ1) is 20.5. The van der Waals surface area contributed by atoms with Crippen LogP contribution in [-0.4, -0.2) is 52.3 Å². The van der Waals surface area contributed by atoms with Crippen molar-refractivity contribution in [3.63, 3.8) is 0 Å². The predicted molar refractivity (Wildman–Crippen MR) is 113 cm³/mol. The summed E-state index contributed by atoms with van der Waals surface area (Å²) in [6, 6.07) is 8.19. The molecule has 1 N–H and O–H groups in total. The minimum Gasteiger partial charge on any atom is -0.387 e. The number of alkyl halides is 1. The van der Waals surface area contributed by atoms with Crippen molar-refractivity contribution in [1.29, 1.82) is 0 Å². The molecule has 0 radical (unpaired) electrons. The molecule has 2 aromatic rings. The van der Waals surface area contributed by atoms with Crippen molar-refractivity contribution in [2.75, 3.05) is 31.2 Å². The van der Waals surface area contributed by atoms with Crippen LogP contribution >= 0.6 is 11.6 Å². The Kier molecular flexibility index (Phi) is 6.04. The van der Waals surface area contributed by atoms with E-state index in [0.717, 1.165) is 36.7 Å². The molecule has 4 atom stereocenters. The van der Waals surface area contributed by atoms with Gasteiger partial charge in [0, 0.05) is 36.3 Å². The Balaban J connectivity index is 1.70. The number of hydrogen-bond donors (Lipinski definition) is 1. The number of aromatic nitrogens is 2. The summed E-state index contributed by atoms with van der Waals surface area (Å²) in [7, 11) is 0. The van der Waals surface area contributed by atoms with Crippen LogP contribution in [0.2, 0.25) is 5.02 Å². The lowest BCUT2D eigenvalue weighted by Gasteiger charge is -2.47. The summed E-state index contributed by atoms with van der Waals surface area (Å²) in [4.78, 5) is 13.7. The molecule has 2 aliphatic rings. The van der Waals surface area contributed by atoms with Gasteiger partial charge in [-0.25, -0.2) is 9.97 Å². The van der Waals surface area contributed by atoms with Crippen molar-refractivity contribution in [2.45, 2.75) is 50.8 Å². The smallest absolute Gasteiger partial charge is 0.136 e. The maximum atomic E-state index is 12.9. The van der Waals surface area contributed by atoms with Gasteiger partial charge in [0.25, 0.3) is 0 Å². The molecule has 1 aromatic heterocycles. The van der Waals surface area contributed by atoms with Crippen molar-refractivity contribution in [1.82, 2.24) is 14.9 Å². The first-order valence-electron chi connectivity index (χ1n) is 10.4. The average molecular weight is 419 g/mol. The summed E-state index contributed by atoms with van der Waals surface area (Å²) in [6.45, 7) is 6.37. The molecule has 1 aromatic carbocycles. The largest absolute Gasteiger partial charge is 0.387 e. The van der Waals surface area contributed by atoms with Gasteiger partial charge in [0.1, 0.15) is 12.1 Å². The van der Waals surface area contributed by atoms with Crippen molar-refractivity contribution < 1.29 is 9.50 Å². The fourth-order valence-electron chi connectivity index (χ4n) is 4.95. The van der Waals surface area contributed by atoms with E-state index in [0.29, 0.717) is 17.9 Å². The Labute approximate surface area is 176 Å². The number of piperazine rings is 1. The zero-order chi connectivity index (χ0) is 20.5. The normalized spacial score (nSPS) is 27.3. The molecule has 1 saturated heterocycles. The van der Waals surface area contributed by atoms with Gasteiger partial charge in [-0.15, -0.1) is 0 Å². The number of nitrogens with zero attached hydrogens (tertiary/aromatic N) is 4. The second kappa shape index (κ2) is 8.54. The van der Waals surface area contributed by atoms with Crippen molar-refractivity contribution in [3.8, 4) is 0 Å². The average Bonchev–Trinajstić information content (AvgIpc) is 3.01. The Morgan fingerprint density at radius 1 is 1.17 bits per heavy atom. The van der Waals surface area contributed by atoms with E-state index in [2.05, 4.69) is 45.7 Å². The highest BCUT2D eigenvalue weighted by atomic mass is 35.5. The SMILES string of the molecule is C[C@@H]1CC(O)c2ncnc(N3CCN(CCCF)C(c4ccc(Cl)cc4)[C@@H]3C)c21. The second-order valence-electron chi connectivity index (χ2n) is 8.16. The summed E-state index contributed by atoms with van der Waals surface area (Å²) in [5.41, 5.74) is 3.00. The lowest BCUT2D eigenvalue weighted by atomic mass is 9.93. The summed E-state index contributed by atoms with van der Waals surface area (Å²) in [5.74, 6) is 1.15. The number of benzene rings is 1. The highest BCUT2D eigenvalue weighted by Crippen LogP contribution is 2.44. The molecular formula is C22H28ClFN4O. The van der Waals surface area contributed by atoms with Crippen LogP contribution in [0, 0.1) is 0 Å². The number of aliphatic hydroxyl groups is 1. The van der Waals surface area contributed by atoms with Gasteiger partial charge in [-0.1, -0.05) is 30.7 Å². The molecule has 5 nitrogen and oxygen atoms in total. The molecule has 1 fully saturated rings. The van der Waals surface area contributed by atoms with Gasteiger partial charge in [-0.3, -0.25) is 9.29 Å². The van der Waals surface area contributed by atoms with Crippen molar-refractivity contribution >= 4 is 17.4 Å². The monoisotopic (exact) mass is 418 g/mol. The quantitative estimate of drug-likeness (QED) is 0.785. The highest BCUT2D eigenvalue weighted by Gasteiger charge is 2.39. The standard InChI is InChI=1S/C22H28ClFN4O/c1-14-12-18(29)20-19(14)22(26-13-25-20)28-11-10-27(9-3-8-24)21(15(28)2)16-4-6-17(23)7-5-16/h4-7,13-15,18,21,29H,3,8-12H2,1-2H3/t14-,15+,18?,21?/m1/s1. The summed E-state index contributed by atoms with van der Waals surface area (Å²) in [5, 5.41) is 11.1. The summed E-state index contributed by atoms with van der Waals surface area (Å²) >= 11 is 6.11. The summed E-state index contributed by atoms with van der Waals surface area (Å²) < 4.78 is 12.9. The van der Waals surface area contributed by atoms with E-state index in [1.165, 1.54) is 5.56 Å². The third-order valence-electron chi connectivity index (χ3n) is 6.31. The van der Waals surface area contributed by atoms with E-state index >= 15 is 0 Å². The van der Waals surface area contributed by atoms with Gasteiger partial charge < -0.3 is 10.0 Å². The Morgan fingerprint density at radius 3 is 2.66 bits per heavy atom. The zero-order valence-electron chi connectivity index (χ0n) is 16.9. The number of aliphatic hydroxyl groups excluding tert-OH is 1. The number of anilines is 1. The molecule has 29 heavy (non-hydrogen) atoms. The molecule has 0 saturated carbocycles.